The lowest BCUT2D eigenvalue weighted by molar-refractivity contribution is 0.190. The molecule has 1 saturated heterocycles. The van der Waals surface area contributed by atoms with Gasteiger partial charge >= 0.3 is 6.03 Å². The minimum atomic E-state index is -0.275. The van der Waals surface area contributed by atoms with Crippen molar-refractivity contribution in [1.82, 2.24) is 24.8 Å². The third kappa shape index (κ3) is 5.21. The third-order valence-electron chi connectivity index (χ3n) is 5.62. The topological polar surface area (TPSA) is 77.8 Å². The molecule has 1 aromatic carbocycles. The van der Waals surface area contributed by atoms with Gasteiger partial charge in [0, 0.05) is 43.3 Å². The minimum absolute atomic E-state index is 0.00135. The Hall–Kier alpha value is -2.88. The minimum Gasteiger partial charge on any atom is -0.364 e. The molecule has 2 aromatic heterocycles. The normalized spacial score (nSPS) is 15.7. The molecule has 1 aliphatic heterocycles. The Bertz CT molecular complexity index is 1110. The molecule has 4 rings (SSSR count). The van der Waals surface area contributed by atoms with E-state index in [-0.39, 0.29) is 23.4 Å². The molecule has 0 radical (unpaired) electrons. The van der Waals surface area contributed by atoms with E-state index in [1.54, 1.807) is 12.1 Å². The van der Waals surface area contributed by atoms with Crippen molar-refractivity contribution in [2.75, 3.05) is 36.4 Å². The van der Waals surface area contributed by atoms with Gasteiger partial charge in [0.2, 0.25) is 10.1 Å². The fraction of sp³-hybridized carbons (Fsp3) is 0.522. The highest BCUT2D eigenvalue weighted by Crippen LogP contribution is 2.35. The van der Waals surface area contributed by atoms with E-state index in [1.165, 1.54) is 23.5 Å². The standard InChI is InChI=1S/C23H32FN7OS/c1-6-15(2)25-20(32)29-11-13-30(14-12-29)22-28-31-19(27-23(3,4)5)18(26-21(31)33-22)16-7-9-17(24)10-8-16/h7-10,15,27H,6,11-14H2,1-5H3,(H,25,32). The van der Waals surface area contributed by atoms with Gasteiger partial charge in [-0.15, -0.1) is 5.10 Å². The number of aromatic nitrogens is 3. The van der Waals surface area contributed by atoms with Crippen LogP contribution in [0.25, 0.3) is 16.2 Å². The van der Waals surface area contributed by atoms with Crippen LogP contribution in [0.1, 0.15) is 41.0 Å². The number of carbonyl (C=O) groups excluding carboxylic acids is 1. The first-order valence-electron chi connectivity index (χ1n) is 11.4. The predicted molar refractivity (Wildman–Crippen MR) is 132 cm³/mol. The highest BCUT2D eigenvalue weighted by molar-refractivity contribution is 7.20. The number of amides is 2. The van der Waals surface area contributed by atoms with Crippen LogP contribution in [-0.2, 0) is 0 Å². The second kappa shape index (κ2) is 9.17. The summed E-state index contributed by atoms with van der Waals surface area (Å²) in [5.74, 6) is 0.515. The first-order chi connectivity index (χ1) is 15.6. The molecule has 2 N–H and O–H groups in total. The average molecular weight is 474 g/mol. The SMILES string of the molecule is CCC(C)NC(=O)N1CCN(c2nn3c(NC(C)(C)C)c(-c4ccc(F)cc4)nc3s2)CC1. The number of halogens is 1. The second-order valence-electron chi connectivity index (χ2n) is 9.50. The monoisotopic (exact) mass is 473 g/mol. The van der Waals surface area contributed by atoms with Gasteiger partial charge < -0.3 is 20.4 Å². The van der Waals surface area contributed by atoms with Gasteiger partial charge in [0.15, 0.2) is 5.82 Å². The third-order valence-corrected chi connectivity index (χ3v) is 6.59. The molecule has 3 aromatic rings. The summed E-state index contributed by atoms with van der Waals surface area (Å²) in [6.07, 6.45) is 0.912. The number of urea groups is 1. The molecule has 1 aliphatic rings. The van der Waals surface area contributed by atoms with E-state index in [9.17, 15) is 9.18 Å². The van der Waals surface area contributed by atoms with Crippen LogP contribution in [0.5, 0.6) is 0 Å². The van der Waals surface area contributed by atoms with E-state index in [0.717, 1.165) is 46.7 Å². The summed E-state index contributed by atoms with van der Waals surface area (Å²) in [5, 5.41) is 12.3. The molecule has 0 spiro atoms. The summed E-state index contributed by atoms with van der Waals surface area (Å²) in [5.41, 5.74) is 1.38. The number of fused-ring (bicyclic) bond motifs is 1. The largest absolute Gasteiger partial charge is 0.364 e. The maximum Gasteiger partial charge on any atom is 0.317 e. The number of imidazole rings is 1. The van der Waals surface area contributed by atoms with E-state index in [1.807, 2.05) is 16.3 Å². The molecular weight excluding hydrogens is 441 g/mol. The number of carbonyl (C=O) groups is 1. The Balaban J connectivity index is 1.56. The van der Waals surface area contributed by atoms with Gasteiger partial charge in [0.05, 0.1) is 0 Å². The van der Waals surface area contributed by atoms with Crippen LogP contribution in [0.15, 0.2) is 24.3 Å². The van der Waals surface area contributed by atoms with E-state index in [4.69, 9.17) is 10.1 Å². The zero-order chi connectivity index (χ0) is 23.8. The zero-order valence-electron chi connectivity index (χ0n) is 19.9. The zero-order valence-corrected chi connectivity index (χ0v) is 20.7. The quantitative estimate of drug-likeness (QED) is 0.573. The highest BCUT2D eigenvalue weighted by Gasteiger charge is 2.27. The van der Waals surface area contributed by atoms with Crippen LogP contribution in [0.4, 0.5) is 20.1 Å². The highest BCUT2D eigenvalue weighted by atomic mass is 32.1. The molecule has 0 bridgehead atoms. The molecule has 1 unspecified atom stereocenters. The van der Waals surface area contributed by atoms with Crippen molar-refractivity contribution >= 4 is 33.3 Å². The number of piperazine rings is 1. The summed E-state index contributed by atoms with van der Waals surface area (Å²) >= 11 is 1.52. The number of hydrogen-bond acceptors (Lipinski definition) is 6. The Kier molecular flexibility index (Phi) is 6.47. The van der Waals surface area contributed by atoms with Crippen molar-refractivity contribution in [2.24, 2.45) is 0 Å². The molecule has 1 atom stereocenters. The first kappa shape index (κ1) is 23.3. The van der Waals surface area contributed by atoms with E-state index < -0.39 is 0 Å². The summed E-state index contributed by atoms with van der Waals surface area (Å²) in [7, 11) is 0. The average Bonchev–Trinajstić information content (AvgIpc) is 3.33. The van der Waals surface area contributed by atoms with Crippen LogP contribution < -0.4 is 15.5 Å². The van der Waals surface area contributed by atoms with Crippen LogP contribution in [0.3, 0.4) is 0 Å². The second-order valence-corrected chi connectivity index (χ2v) is 10.4. The van der Waals surface area contributed by atoms with E-state index in [2.05, 4.69) is 43.2 Å². The Morgan fingerprint density at radius 3 is 2.45 bits per heavy atom. The predicted octanol–water partition coefficient (Wildman–Crippen LogP) is 4.44. The molecule has 10 heteroatoms. The van der Waals surface area contributed by atoms with Gasteiger partial charge in [-0.05, 0) is 58.4 Å². The van der Waals surface area contributed by atoms with Crippen LogP contribution in [0, 0.1) is 5.82 Å². The summed E-state index contributed by atoms with van der Waals surface area (Å²) in [6.45, 7) is 13.1. The Morgan fingerprint density at radius 2 is 1.85 bits per heavy atom. The summed E-state index contributed by atoms with van der Waals surface area (Å²) < 4.78 is 15.3. The fourth-order valence-corrected chi connectivity index (χ4v) is 4.60. The fourth-order valence-electron chi connectivity index (χ4n) is 3.65. The Labute approximate surface area is 197 Å². The molecular formula is C23H32FN7OS. The lowest BCUT2D eigenvalue weighted by atomic mass is 10.1. The van der Waals surface area contributed by atoms with Crippen molar-refractivity contribution in [3.63, 3.8) is 0 Å². The first-order valence-corrected chi connectivity index (χ1v) is 12.2. The van der Waals surface area contributed by atoms with Crippen LogP contribution >= 0.6 is 11.3 Å². The van der Waals surface area contributed by atoms with Gasteiger partial charge in [-0.1, -0.05) is 18.3 Å². The van der Waals surface area contributed by atoms with E-state index >= 15 is 0 Å². The molecule has 8 nitrogen and oxygen atoms in total. The number of nitrogens with zero attached hydrogens (tertiary/aromatic N) is 5. The smallest absolute Gasteiger partial charge is 0.317 e. The molecule has 3 heterocycles. The maximum atomic E-state index is 13.4. The molecule has 33 heavy (non-hydrogen) atoms. The molecule has 2 amide bonds. The molecule has 0 aliphatic carbocycles. The lowest BCUT2D eigenvalue weighted by Crippen LogP contribution is -2.53. The van der Waals surface area contributed by atoms with Gasteiger partial charge in [0.1, 0.15) is 11.5 Å². The van der Waals surface area contributed by atoms with Crippen LogP contribution in [-0.4, -0.2) is 63.3 Å². The van der Waals surface area contributed by atoms with Crippen molar-refractivity contribution in [3.8, 4) is 11.3 Å². The Morgan fingerprint density at radius 1 is 1.18 bits per heavy atom. The lowest BCUT2D eigenvalue weighted by Gasteiger charge is -2.34. The number of nitrogens with one attached hydrogen (secondary N) is 2. The van der Waals surface area contributed by atoms with Gasteiger partial charge in [-0.2, -0.15) is 4.52 Å². The summed E-state index contributed by atoms with van der Waals surface area (Å²) in [4.78, 5) is 22.1. The number of rotatable bonds is 5. The number of benzene rings is 1. The van der Waals surface area contributed by atoms with Gasteiger partial charge in [0.25, 0.3) is 0 Å². The van der Waals surface area contributed by atoms with Crippen molar-refractivity contribution in [2.45, 2.75) is 52.6 Å². The van der Waals surface area contributed by atoms with Gasteiger partial charge in [-0.25, -0.2) is 14.2 Å². The molecule has 1 fully saturated rings. The van der Waals surface area contributed by atoms with Crippen LogP contribution in [0.2, 0.25) is 0 Å². The maximum absolute atomic E-state index is 13.4. The van der Waals surface area contributed by atoms with Crippen molar-refractivity contribution < 1.29 is 9.18 Å². The van der Waals surface area contributed by atoms with E-state index in [0.29, 0.717) is 13.1 Å². The molecule has 178 valence electrons. The number of anilines is 2. The van der Waals surface area contributed by atoms with Gasteiger partial charge in [-0.3, -0.25) is 0 Å². The van der Waals surface area contributed by atoms with Crippen molar-refractivity contribution in [3.05, 3.63) is 30.1 Å². The van der Waals surface area contributed by atoms with Crippen molar-refractivity contribution in [1.29, 1.82) is 0 Å². The molecule has 0 saturated carbocycles. The number of hydrogen-bond donors (Lipinski definition) is 2. The summed E-state index contributed by atoms with van der Waals surface area (Å²) in [6, 6.07) is 6.53.